The maximum Gasteiger partial charge on any atom is 0.253 e. The number of hydrogen-bond acceptors (Lipinski definition) is 4. The Balaban J connectivity index is 0.00000220. The normalized spacial score (nSPS) is 13.6. The largest absolute Gasteiger partial charge is 0.385 e. The van der Waals surface area contributed by atoms with Crippen LogP contribution in [0.2, 0.25) is 0 Å². The van der Waals surface area contributed by atoms with Crippen molar-refractivity contribution in [3.8, 4) is 0 Å². The number of carbonyl (C=O) groups is 1. The van der Waals surface area contributed by atoms with Crippen molar-refractivity contribution >= 4 is 33.8 Å². The van der Waals surface area contributed by atoms with Crippen LogP contribution in [0, 0.1) is 0 Å². The maximum atomic E-state index is 12.4. The van der Waals surface area contributed by atoms with E-state index in [0.29, 0.717) is 5.56 Å². The van der Waals surface area contributed by atoms with Crippen molar-refractivity contribution in [2.45, 2.75) is 12.8 Å². The molecule has 0 radical (unpaired) electrons. The SMILES string of the molecule is CN(CCS(C)(=O)=O)C(=O)c1cccc2c1CCCN2.Cl. The third-order valence-electron chi connectivity index (χ3n) is 3.47. The average Bonchev–Trinajstić information content (AvgIpc) is 2.42. The number of benzene rings is 1. The third-order valence-corrected chi connectivity index (χ3v) is 4.39. The summed E-state index contributed by atoms with van der Waals surface area (Å²) in [6, 6.07) is 5.64. The van der Waals surface area contributed by atoms with E-state index in [1.165, 1.54) is 11.2 Å². The van der Waals surface area contributed by atoms with Gasteiger partial charge in [-0.15, -0.1) is 12.4 Å². The molecule has 7 heteroatoms. The minimum atomic E-state index is -3.06. The van der Waals surface area contributed by atoms with E-state index in [-0.39, 0.29) is 30.6 Å². The first-order valence-electron chi connectivity index (χ1n) is 6.67. The summed E-state index contributed by atoms with van der Waals surface area (Å²) in [4.78, 5) is 13.9. The van der Waals surface area contributed by atoms with Gasteiger partial charge in [-0.1, -0.05) is 6.07 Å². The predicted octanol–water partition coefficient (Wildman–Crippen LogP) is 1.58. The molecule has 1 aliphatic heterocycles. The summed E-state index contributed by atoms with van der Waals surface area (Å²) in [5.41, 5.74) is 2.72. The molecular formula is C14H21ClN2O3S. The van der Waals surface area contributed by atoms with E-state index >= 15 is 0 Å². The number of hydrogen-bond donors (Lipinski definition) is 1. The van der Waals surface area contributed by atoms with E-state index in [1.807, 2.05) is 18.2 Å². The molecule has 0 spiro atoms. The number of fused-ring (bicyclic) bond motifs is 1. The average molecular weight is 333 g/mol. The van der Waals surface area contributed by atoms with Gasteiger partial charge in [-0.05, 0) is 30.5 Å². The smallest absolute Gasteiger partial charge is 0.253 e. The summed E-state index contributed by atoms with van der Waals surface area (Å²) in [5.74, 6) is -0.128. The molecule has 1 N–H and O–H groups in total. The van der Waals surface area contributed by atoms with Crippen LogP contribution < -0.4 is 5.32 Å². The lowest BCUT2D eigenvalue weighted by molar-refractivity contribution is 0.0802. The molecule has 0 bridgehead atoms. The number of halogens is 1. The highest BCUT2D eigenvalue weighted by Gasteiger charge is 2.20. The molecular weight excluding hydrogens is 312 g/mol. The van der Waals surface area contributed by atoms with Gasteiger partial charge in [-0.2, -0.15) is 0 Å². The first-order valence-corrected chi connectivity index (χ1v) is 8.73. The zero-order valence-electron chi connectivity index (χ0n) is 12.3. The summed E-state index contributed by atoms with van der Waals surface area (Å²) in [6.45, 7) is 1.14. The van der Waals surface area contributed by atoms with Crippen molar-refractivity contribution in [3.05, 3.63) is 29.3 Å². The minimum absolute atomic E-state index is 0. The first kappa shape index (κ1) is 17.8. The van der Waals surface area contributed by atoms with Crippen LogP contribution in [-0.2, 0) is 16.3 Å². The Morgan fingerprint density at radius 2 is 2.10 bits per heavy atom. The molecule has 0 aromatic heterocycles. The molecule has 0 aliphatic carbocycles. The van der Waals surface area contributed by atoms with Crippen LogP contribution >= 0.6 is 12.4 Å². The Hall–Kier alpha value is -1.27. The molecule has 0 unspecified atom stereocenters. The summed E-state index contributed by atoms with van der Waals surface area (Å²) >= 11 is 0. The molecule has 1 aliphatic rings. The molecule has 118 valence electrons. The van der Waals surface area contributed by atoms with Crippen LogP contribution in [0.3, 0.4) is 0 Å². The third kappa shape index (κ3) is 4.61. The van der Waals surface area contributed by atoms with Gasteiger partial charge >= 0.3 is 0 Å². The van der Waals surface area contributed by atoms with Gasteiger partial charge in [0.15, 0.2) is 0 Å². The standard InChI is InChI=1S/C14H20N2O3S.ClH/c1-16(9-10-20(2,18)19)14(17)12-5-3-7-13-11(12)6-4-8-15-13;/h3,5,7,15H,4,6,8-10H2,1-2H3;1H. The van der Waals surface area contributed by atoms with Crippen LogP contribution in [0.4, 0.5) is 5.69 Å². The number of nitrogens with one attached hydrogen (secondary N) is 1. The summed E-state index contributed by atoms with van der Waals surface area (Å²) in [6.07, 6.45) is 3.06. The van der Waals surface area contributed by atoms with Crippen LogP contribution in [0.25, 0.3) is 0 Å². The van der Waals surface area contributed by atoms with Crippen LogP contribution in [-0.4, -0.2) is 51.4 Å². The summed E-state index contributed by atoms with van der Waals surface area (Å²) in [5, 5.41) is 3.29. The predicted molar refractivity (Wildman–Crippen MR) is 87.2 cm³/mol. The molecule has 0 saturated heterocycles. The Bertz CT molecular complexity index is 617. The van der Waals surface area contributed by atoms with Crippen molar-refractivity contribution < 1.29 is 13.2 Å². The highest BCUT2D eigenvalue weighted by atomic mass is 35.5. The molecule has 1 aromatic rings. The minimum Gasteiger partial charge on any atom is -0.385 e. The van der Waals surface area contributed by atoms with Crippen molar-refractivity contribution in [2.24, 2.45) is 0 Å². The fourth-order valence-electron chi connectivity index (χ4n) is 2.32. The number of nitrogens with zero attached hydrogens (tertiary/aromatic N) is 1. The fourth-order valence-corrected chi connectivity index (χ4v) is 2.93. The number of sulfone groups is 1. The van der Waals surface area contributed by atoms with E-state index in [4.69, 9.17) is 0 Å². The zero-order valence-corrected chi connectivity index (χ0v) is 13.9. The molecule has 5 nitrogen and oxygen atoms in total. The second-order valence-corrected chi connectivity index (χ2v) is 7.48. The molecule has 0 saturated carbocycles. The van der Waals surface area contributed by atoms with Gasteiger partial charge in [0, 0.05) is 37.6 Å². The Morgan fingerprint density at radius 3 is 2.76 bits per heavy atom. The number of rotatable bonds is 4. The Morgan fingerprint density at radius 1 is 1.38 bits per heavy atom. The lowest BCUT2D eigenvalue weighted by Crippen LogP contribution is -2.32. The zero-order chi connectivity index (χ0) is 14.8. The quantitative estimate of drug-likeness (QED) is 0.909. The topological polar surface area (TPSA) is 66.5 Å². The maximum absolute atomic E-state index is 12.4. The second kappa shape index (κ2) is 7.13. The Kier molecular flexibility index (Phi) is 6.04. The number of amides is 1. The van der Waals surface area contributed by atoms with Gasteiger partial charge < -0.3 is 10.2 Å². The van der Waals surface area contributed by atoms with Crippen LogP contribution in [0.15, 0.2) is 18.2 Å². The van der Waals surface area contributed by atoms with E-state index < -0.39 is 9.84 Å². The highest BCUT2D eigenvalue weighted by Crippen LogP contribution is 2.26. The van der Waals surface area contributed by atoms with E-state index in [9.17, 15) is 13.2 Å². The summed E-state index contributed by atoms with van der Waals surface area (Å²) < 4.78 is 22.4. The Labute approximate surface area is 132 Å². The highest BCUT2D eigenvalue weighted by molar-refractivity contribution is 7.90. The molecule has 1 amide bonds. The van der Waals surface area contributed by atoms with Crippen LogP contribution in [0.5, 0.6) is 0 Å². The van der Waals surface area contributed by atoms with E-state index in [2.05, 4.69) is 5.32 Å². The van der Waals surface area contributed by atoms with Gasteiger partial charge in [0.2, 0.25) is 0 Å². The van der Waals surface area contributed by atoms with Crippen molar-refractivity contribution in [1.82, 2.24) is 4.90 Å². The van der Waals surface area contributed by atoms with E-state index in [0.717, 1.165) is 30.6 Å². The number of anilines is 1. The van der Waals surface area contributed by atoms with Gasteiger partial charge in [0.05, 0.1) is 5.75 Å². The van der Waals surface area contributed by atoms with E-state index in [1.54, 1.807) is 7.05 Å². The molecule has 21 heavy (non-hydrogen) atoms. The van der Waals surface area contributed by atoms with Crippen molar-refractivity contribution in [3.63, 3.8) is 0 Å². The molecule has 1 aromatic carbocycles. The monoisotopic (exact) mass is 332 g/mol. The lowest BCUT2D eigenvalue weighted by Gasteiger charge is -2.23. The molecule has 0 atom stereocenters. The van der Waals surface area contributed by atoms with Crippen molar-refractivity contribution in [1.29, 1.82) is 0 Å². The van der Waals surface area contributed by atoms with Gasteiger partial charge in [0.25, 0.3) is 5.91 Å². The second-order valence-electron chi connectivity index (χ2n) is 5.22. The molecule has 2 rings (SSSR count). The van der Waals surface area contributed by atoms with Gasteiger partial charge in [-0.3, -0.25) is 4.79 Å². The fraction of sp³-hybridized carbons (Fsp3) is 0.500. The lowest BCUT2D eigenvalue weighted by atomic mass is 9.97. The number of carbonyl (C=O) groups excluding carboxylic acids is 1. The van der Waals surface area contributed by atoms with Crippen LogP contribution in [0.1, 0.15) is 22.3 Å². The van der Waals surface area contributed by atoms with Gasteiger partial charge in [0.1, 0.15) is 9.84 Å². The first-order chi connectivity index (χ1) is 9.38. The van der Waals surface area contributed by atoms with Gasteiger partial charge in [-0.25, -0.2) is 8.42 Å². The molecule has 0 fully saturated rings. The summed E-state index contributed by atoms with van der Waals surface area (Å²) in [7, 11) is -1.42. The van der Waals surface area contributed by atoms with Crippen molar-refractivity contribution in [2.75, 3.05) is 37.5 Å². The molecule has 1 heterocycles.